The van der Waals surface area contributed by atoms with E-state index >= 15 is 0 Å². The van der Waals surface area contributed by atoms with Crippen molar-refractivity contribution in [1.29, 1.82) is 0 Å². The zero-order chi connectivity index (χ0) is 27.8. The number of hydrogen-bond donors (Lipinski definition) is 2. The molecule has 0 atom stereocenters. The topological polar surface area (TPSA) is 119 Å². The summed E-state index contributed by atoms with van der Waals surface area (Å²) in [6.45, 7) is 5.26. The number of carboxylic acids is 1. The van der Waals surface area contributed by atoms with Gasteiger partial charge in [0.2, 0.25) is 0 Å². The van der Waals surface area contributed by atoms with E-state index in [-0.39, 0.29) is 24.6 Å². The lowest BCUT2D eigenvalue weighted by Gasteiger charge is -2.12. The van der Waals surface area contributed by atoms with E-state index in [4.69, 9.17) is 11.6 Å². The Bertz CT molecular complexity index is 1770. The molecule has 9 nitrogen and oxygen atoms in total. The fraction of sp³-hybridized carbons (Fsp3) is 0.179. The lowest BCUT2D eigenvalue weighted by atomic mass is 10.0. The molecule has 39 heavy (non-hydrogen) atoms. The first-order chi connectivity index (χ1) is 18.7. The van der Waals surface area contributed by atoms with Crippen molar-refractivity contribution >= 4 is 51.5 Å². The molecule has 0 radical (unpaired) electrons. The van der Waals surface area contributed by atoms with Crippen LogP contribution in [0.3, 0.4) is 0 Å². The smallest absolute Gasteiger partial charge is 0.323 e. The molecule has 11 heteroatoms. The average Bonchev–Trinajstić information content (AvgIpc) is 3.55. The summed E-state index contributed by atoms with van der Waals surface area (Å²) >= 11 is 7.78. The lowest BCUT2D eigenvalue weighted by Crippen LogP contribution is -2.28. The van der Waals surface area contributed by atoms with Crippen LogP contribution in [0.5, 0.6) is 0 Å². The summed E-state index contributed by atoms with van der Waals surface area (Å²) in [7, 11) is 0. The summed E-state index contributed by atoms with van der Waals surface area (Å²) < 4.78 is 3.23. The maximum absolute atomic E-state index is 13.6. The van der Waals surface area contributed by atoms with Crippen LogP contribution in [-0.4, -0.2) is 42.1 Å². The number of ketones is 1. The molecule has 3 aromatic heterocycles. The number of aryl methyl sites for hydroxylation is 2. The van der Waals surface area contributed by atoms with Crippen molar-refractivity contribution in [2.45, 2.75) is 33.9 Å². The number of carbonyl (C=O) groups is 3. The molecule has 0 fully saturated rings. The number of carbonyl (C=O) groups excluding carboxylic acids is 2. The average molecular weight is 562 g/mol. The minimum absolute atomic E-state index is 0.00396. The number of benzene rings is 2. The second-order valence-electron chi connectivity index (χ2n) is 9.02. The minimum Gasteiger partial charge on any atom is -0.480 e. The van der Waals surface area contributed by atoms with Crippen molar-refractivity contribution in [2.75, 3.05) is 0 Å². The van der Waals surface area contributed by atoms with Crippen molar-refractivity contribution in [3.63, 3.8) is 0 Å². The Morgan fingerprint density at radius 2 is 1.74 bits per heavy atom. The van der Waals surface area contributed by atoms with Crippen LogP contribution in [0.4, 0.5) is 0 Å². The first kappa shape index (κ1) is 26.3. The Hall–Kier alpha value is -4.28. The second kappa shape index (κ2) is 10.5. The van der Waals surface area contributed by atoms with E-state index in [1.54, 1.807) is 54.0 Å². The first-order valence-corrected chi connectivity index (χ1v) is 13.3. The third-order valence-electron chi connectivity index (χ3n) is 6.55. The Labute approximate surface area is 232 Å². The molecular formula is C28H24ClN5O4S. The van der Waals surface area contributed by atoms with Gasteiger partial charge in [-0.05, 0) is 50.6 Å². The Morgan fingerprint density at radius 3 is 2.49 bits per heavy atom. The standard InChI is InChI=1S/C28H24ClN5O4S/c1-15-16(2)39-28(25(15)26(37)19-9-5-6-10-20(19)29)34-17(3)31-32-23(34)13-30-27(38)22-12-18-8-4-7-11-21(18)33(22)14-24(35)36/h4-12H,13-14H2,1-3H3,(H,30,38)(H,35,36). The maximum atomic E-state index is 13.6. The SMILES string of the molecule is Cc1sc(-n2c(C)nnc2CNC(=O)c2cc3ccccc3n2CC(=O)O)c(C(=O)c2ccccc2Cl)c1C. The summed E-state index contributed by atoms with van der Waals surface area (Å²) in [4.78, 5) is 39.4. The number of carboxylic acid groups (broad SMARTS) is 1. The number of nitrogens with zero attached hydrogens (tertiary/aromatic N) is 4. The summed E-state index contributed by atoms with van der Waals surface area (Å²) in [6, 6.07) is 15.8. The van der Waals surface area contributed by atoms with E-state index in [0.717, 1.165) is 15.8 Å². The molecule has 0 bridgehead atoms. The molecule has 0 aliphatic carbocycles. The van der Waals surface area contributed by atoms with Gasteiger partial charge in [0.1, 0.15) is 23.1 Å². The van der Waals surface area contributed by atoms with Crippen molar-refractivity contribution in [3.05, 3.63) is 98.5 Å². The summed E-state index contributed by atoms with van der Waals surface area (Å²) in [5.41, 5.74) is 2.60. The number of fused-ring (bicyclic) bond motifs is 1. The van der Waals surface area contributed by atoms with Crippen LogP contribution in [0.25, 0.3) is 15.9 Å². The summed E-state index contributed by atoms with van der Waals surface area (Å²) in [5, 5.41) is 22.5. The van der Waals surface area contributed by atoms with Crippen LogP contribution in [0.15, 0.2) is 54.6 Å². The zero-order valence-electron chi connectivity index (χ0n) is 21.4. The number of halogens is 1. The van der Waals surface area contributed by atoms with Crippen LogP contribution in [0.1, 0.15) is 48.5 Å². The molecule has 5 rings (SSSR count). The maximum Gasteiger partial charge on any atom is 0.323 e. The van der Waals surface area contributed by atoms with Gasteiger partial charge in [0.25, 0.3) is 5.91 Å². The molecule has 2 aromatic carbocycles. The lowest BCUT2D eigenvalue weighted by molar-refractivity contribution is -0.137. The van der Waals surface area contributed by atoms with Crippen LogP contribution in [0.2, 0.25) is 5.02 Å². The van der Waals surface area contributed by atoms with Crippen molar-refractivity contribution in [1.82, 2.24) is 24.6 Å². The first-order valence-electron chi connectivity index (χ1n) is 12.1. The summed E-state index contributed by atoms with van der Waals surface area (Å²) in [5.74, 6) is -0.742. The van der Waals surface area contributed by atoms with Gasteiger partial charge in [-0.25, -0.2) is 0 Å². The predicted octanol–water partition coefficient (Wildman–Crippen LogP) is 5.11. The van der Waals surface area contributed by atoms with E-state index in [1.807, 2.05) is 26.0 Å². The number of para-hydroxylation sites is 1. The van der Waals surface area contributed by atoms with Gasteiger partial charge in [0, 0.05) is 21.3 Å². The molecule has 0 unspecified atom stereocenters. The van der Waals surface area contributed by atoms with Crippen LogP contribution in [-0.2, 0) is 17.9 Å². The Kier molecular flexibility index (Phi) is 7.07. The fourth-order valence-electron chi connectivity index (χ4n) is 4.55. The molecule has 5 aromatic rings. The zero-order valence-corrected chi connectivity index (χ0v) is 22.9. The molecule has 0 spiro atoms. The van der Waals surface area contributed by atoms with Gasteiger partial charge < -0.3 is 15.0 Å². The number of hydrogen-bond acceptors (Lipinski definition) is 6. The second-order valence-corrected chi connectivity index (χ2v) is 10.6. The molecule has 0 aliphatic heterocycles. The number of aliphatic carboxylic acids is 1. The normalized spacial score (nSPS) is 11.2. The highest BCUT2D eigenvalue weighted by atomic mass is 35.5. The predicted molar refractivity (Wildman–Crippen MR) is 149 cm³/mol. The van der Waals surface area contributed by atoms with Gasteiger partial charge in [-0.2, -0.15) is 0 Å². The largest absolute Gasteiger partial charge is 0.480 e. The van der Waals surface area contributed by atoms with Crippen molar-refractivity contribution in [3.8, 4) is 5.00 Å². The van der Waals surface area contributed by atoms with Gasteiger partial charge in [-0.1, -0.05) is 41.9 Å². The fourth-order valence-corrected chi connectivity index (χ4v) is 6.00. The van der Waals surface area contributed by atoms with Gasteiger partial charge in [-0.15, -0.1) is 21.5 Å². The molecule has 3 heterocycles. The number of nitrogens with one attached hydrogen (secondary N) is 1. The third-order valence-corrected chi connectivity index (χ3v) is 8.07. The van der Waals surface area contributed by atoms with Gasteiger partial charge >= 0.3 is 5.97 Å². The number of aromatic nitrogens is 4. The van der Waals surface area contributed by atoms with Gasteiger partial charge in [0.05, 0.1) is 17.1 Å². The molecule has 0 saturated heterocycles. The van der Waals surface area contributed by atoms with Crippen molar-refractivity contribution in [2.24, 2.45) is 0 Å². The Balaban J connectivity index is 1.49. The van der Waals surface area contributed by atoms with E-state index in [1.165, 1.54) is 15.9 Å². The van der Waals surface area contributed by atoms with Crippen LogP contribution >= 0.6 is 22.9 Å². The summed E-state index contributed by atoms with van der Waals surface area (Å²) in [6.07, 6.45) is 0. The van der Waals surface area contributed by atoms with E-state index in [0.29, 0.717) is 38.3 Å². The highest BCUT2D eigenvalue weighted by Crippen LogP contribution is 2.35. The highest BCUT2D eigenvalue weighted by Gasteiger charge is 2.26. The number of amides is 1. The quantitative estimate of drug-likeness (QED) is 0.254. The molecular weight excluding hydrogens is 538 g/mol. The van der Waals surface area contributed by atoms with E-state index in [2.05, 4.69) is 15.5 Å². The number of rotatable bonds is 8. The van der Waals surface area contributed by atoms with Gasteiger partial charge in [-0.3, -0.25) is 19.0 Å². The monoisotopic (exact) mass is 561 g/mol. The van der Waals surface area contributed by atoms with Gasteiger partial charge in [0.15, 0.2) is 11.6 Å². The van der Waals surface area contributed by atoms with Crippen molar-refractivity contribution < 1.29 is 19.5 Å². The molecule has 0 aliphatic rings. The third kappa shape index (κ3) is 4.84. The number of thiophene rings is 1. The van der Waals surface area contributed by atoms with Crippen LogP contribution < -0.4 is 5.32 Å². The minimum atomic E-state index is -1.06. The highest BCUT2D eigenvalue weighted by molar-refractivity contribution is 7.15. The molecule has 0 saturated carbocycles. The van der Waals surface area contributed by atoms with E-state index in [9.17, 15) is 19.5 Å². The van der Waals surface area contributed by atoms with E-state index < -0.39 is 11.9 Å². The molecule has 198 valence electrons. The molecule has 2 N–H and O–H groups in total. The Morgan fingerprint density at radius 1 is 1.03 bits per heavy atom. The van der Waals surface area contributed by atoms with Crippen LogP contribution in [0, 0.1) is 20.8 Å². The molecule has 1 amide bonds.